The molecule has 178 valence electrons. The first kappa shape index (κ1) is 25.2. The Morgan fingerprint density at radius 2 is 1.83 bits per heavy atom. The van der Waals surface area contributed by atoms with E-state index in [1.54, 1.807) is 24.3 Å². The van der Waals surface area contributed by atoms with Crippen molar-refractivity contribution in [1.82, 2.24) is 4.90 Å². The molecule has 35 heavy (non-hydrogen) atoms. The number of nitrogens with zero attached hydrogens (tertiary/aromatic N) is 1. The third-order valence-corrected chi connectivity index (χ3v) is 7.10. The number of ether oxygens (including phenoxy) is 1. The molecule has 3 amide bonds. The number of imide groups is 1. The summed E-state index contributed by atoms with van der Waals surface area (Å²) in [5, 5.41) is 2.49. The number of hydrogen-bond donors (Lipinski definition) is 1. The molecule has 0 radical (unpaired) electrons. The number of thioether (sulfide) groups is 1. The maximum Gasteiger partial charge on any atom is 0.293 e. The number of hydrogen-bond acceptors (Lipinski definition) is 5. The van der Waals surface area contributed by atoms with Gasteiger partial charge in [0.25, 0.3) is 17.1 Å². The molecule has 1 heterocycles. The second-order valence-electron chi connectivity index (χ2n) is 7.79. The SMILES string of the molecule is Cc1cccc(NC(=O)COc2ccc(/C=C3\SC(=O)N(Cc4ccc(Br)cc4)C3=O)cc2Br)c1. The van der Waals surface area contributed by atoms with Gasteiger partial charge in [0.15, 0.2) is 6.61 Å². The van der Waals surface area contributed by atoms with Crippen LogP contribution in [0.15, 0.2) is 80.6 Å². The number of halogens is 2. The normalized spacial score (nSPS) is 14.5. The van der Waals surface area contributed by atoms with Crippen molar-refractivity contribution in [3.63, 3.8) is 0 Å². The molecule has 3 aromatic carbocycles. The summed E-state index contributed by atoms with van der Waals surface area (Å²) in [6.45, 7) is 2.02. The van der Waals surface area contributed by atoms with Crippen LogP contribution in [0.3, 0.4) is 0 Å². The van der Waals surface area contributed by atoms with E-state index in [0.29, 0.717) is 20.8 Å². The van der Waals surface area contributed by atoms with Gasteiger partial charge in [-0.15, -0.1) is 0 Å². The van der Waals surface area contributed by atoms with Gasteiger partial charge in [-0.1, -0.05) is 46.3 Å². The van der Waals surface area contributed by atoms with Crippen LogP contribution in [-0.2, 0) is 16.1 Å². The average Bonchev–Trinajstić information content (AvgIpc) is 3.07. The molecule has 0 aliphatic carbocycles. The zero-order chi connectivity index (χ0) is 24.9. The van der Waals surface area contributed by atoms with Gasteiger partial charge in [0.2, 0.25) is 0 Å². The fourth-order valence-electron chi connectivity index (χ4n) is 3.35. The van der Waals surface area contributed by atoms with E-state index in [9.17, 15) is 14.4 Å². The van der Waals surface area contributed by atoms with Crippen molar-refractivity contribution in [3.8, 4) is 5.75 Å². The highest BCUT2D eigenvalue weighted by atomic mass is 79.9. The van der Waals surface area contributed by atoms with E-state index in [-0.39, 0.29) is 30.2 Å². The fraction of sp³-hybridized carbons (Fsp3) is 0.115. The fourth-order valence-corrected chi connectivity index (χ4v) is 4.96. The zero-order valence-corrected chi connectivity index (χ0v) is 22.6. The van der Waals surface area contributed by atoms with E-state index in [4.69, 9.17) is 4.74 Å². The van der Waals surface area contributed by atoms with Gasteiger partial charge in [-0.3, -0.25) is 19.3 Å². The number of anilines is 1. The Morgan fingerprint density at radius 3 is 2.54 bits per heavy atom. The lowest BCUT2D eigenvalue weighted by atomic mass is 10.2. The van der Waals surface area contributed by atoms with E-state index >= 15 is 0 Å². The zero-order valence-electron chi connectivity index (χ0n) is 18.6. The van der Waals surface area contributed by atoms with Gasteiger partial charge in [0.1, 0.15) is 5.75 Å². The quantitative estimate of drug-likeness (QED) is 0.297. The topological polar surface area (TPSA) is 75.7 Å². The third kappa shape index (κ3) is 6.62. The van der Waals surface area contributed by atoms with Crippen molar-refractivity contribution in [2.24, 2.45) is 0 Å². The molecule has 9 heteroatoms. The van der Waals surface area contributed by atoms with Crippen LogP contribution in [-0.4, -0.2) is 28.6 Å². The lowest BCUT2D eigenvalue weighted by Crippen LogP contribution is -2.27. The van der Waals surface area contributed by atoms with Gasteiger partial charge in [-0.25, -0.2) is 0 Å². The van der Waals surface area contributed by atoms with Crippen molar-refractivity contribution in [2.45, 2.75) is 13.5 Å². The molecule has 0 bridgehead atoms. The molecule has 0 atom stereocenters. The van der Waals surface area contributed by atoms with Gasteiger partial charge in [-0.05, 0) is 93.8 Å². The van der Waals surface area contributed by atoms with Gasteiger partial charge < -0.3 is 10.1 Å². The maximum absolute atomic E-state index is 12.8. The smallest absolute Gasteiger partial charge is 0.293 e. The van der Waals surface area contributed by atoms with Gasteiger partial charge in [-0.2, -0.15) is 0 Å². The molecule has 0 unspecified atom stereocenters. The highest BCUT2D eigenvalue weighted by Gasteiger charge is 2.35. The van der Waals surface area contributed by atoms with Crippen LogP contribution in [0.25, 0.3) is 6.08 Å². The standard InChI is InChI=1S/C26H20Br2N2O4S/c1-16-3-2-4-20(11-16)29-24(31)15-34-22-10-7-18(12-21(22)28)13-23-25(32)30(26(33)35-23)14-17-5-8-19(27)9-6-17/h2-13H,14-15H2,1H3,(H,29,31)/b23-13-. The summed E-state index contributed by atoms with van der Waals surface area (Å²) in [6, 6.07) is 20.3. The Hall–Kier alpha value is -2.88. The first-order valence-electron chi connectivity index (χ1n) is 10.6. The minimum Gasteiger partial charge on any atom is -0.483 e. The Bertz CT molecular complexity index is 1330. The Labute approximate surface area is 224 Å². The molecule has 1 saturated heterocycles. The highest BCUT2D eigenvalue weighted by Crippen LogP contribution is 2.35. The van der Waals surface area contributed by atoms with Gasteiger partial charge in [0, 0.05) is 10.2 Å². The number of carbonyl (C=O) groups is 3. The number of nitrogens with one attached hydrogen (secondary N) is 1. The number of benzene rings is 3. The van der Waals surface area contributed by atoms with Gasteiger partial charge >= 0.3 is 0 Å². The van der Waals surface area contributed by atoms with Crippen LogP contribution in [0.2, 0.25) is 0 Å². The van der Waals surface area contributed by atoms with E-state index in [1.807, 2.05) is 55.5 Å². The Balaban J connectivity index is 1.38. The molecule has 1 aliphatic rings. The molecule has 0 spiro atoms. The average molecular weight is 616 g/mol. The van der Waals surface area contributed by atoms with Crippen LogP contribution in [0.4, 0.5) is 10.5 Å². The maximum atomic E-state index is 12.8. The monoisotopic (exact) mass is 614 g/mol. The molecule has 1 N–H and O–H groups in total. The summed E-state index contributed by atoms with van der Waals surface area (Å²) in [7, 11) is 0. The molecule has 3 aromatic rings. The summed E-state index contributed by atoms with van der Waals surface area (Å²) in [5.74, 6) is -0.108. The van der Waals surface area contributed by atoms with E-state index in [0.717, 1.165) is 32.9 Å². The minimum atomic E-state index is -0.327. The molecule has 0 saturated carbocycles. The predicted molar refractivity (Wildman–Crippen MR) is 145 cm³/mol. The second kappa shape index (κ2) is 11.2. The first-order chi connectivity index (χ1) is 16.8. The van der Waals surface area contributed by atoms with Crippen LogP contribution in [0.5, 0.6) is 5.75 Å². The van der Waals surface area contributed by atoms with Crippen molar-refractivity contribution >= 4 is 72.4 Å². The molecule has 0 aromatic heterocycles. The molecule has 4 rings (SSSR count). The molecule has 6 nitrogen and oxygen atoms in total. The summed E-state index contributed by atoms with van der Waals surface area (Å²) >= 11 is 7.75. The van der Waals surface area contributed by atoms with Crippen LogP contribution in [0.1, 0.15) is 16.7 Å². The number of carbonyl (C=O) groups excluding carboxylic acids is 3. The summed E-state index contributed by atoms with van der Waals surface area (Å²) < 4.78 is 7.20. The summed E-state index contributed by atoms with van der Waals surface area (Å²) in [4.78, 5) is 39.0. The first-order valence-corrected chi connectivity index (χ1v) is 13.0. The van der Waals surface area contributed by atoms with E-state index < -0.39 is 0 Å². The minimum absolute atomic E-state index is 0.152. The Kier molecular flexibility index (Phi) is 8.10. The molecular formula is C26H20Br2N2O4S. The summed E-state index contributed by atoms with van der Waals surface area (Å²) in [5.41, 5.74) is 3.35. The van der Waals surface area contributed by atoms with Crippen LogP contribution < -0.4 is 10.1 Å². The van der Waals surface area contributed by atoms with Gasteiger partial charge in [0.05, 0.1) is 15.9 Å². The summed E-state index contributed by atoms with van der Waals surface area (Å²) in [6.07, 6.45) is 1.67. The molecule has 1 fully saturated rings. The highest BCUT2D eigenvalue weighted by molar-refractivity contribution is 9.10. The van der Waals surface area contributed by atoms with Crippen LogP contribution >= 0.6 is 43.6 Å². The van der Waals surface area contributed by atoms with Crippen molar-refractivity contribution in [1.29, 1.82) is 0 Å². The second-order valence-corrected chi connectivity index (χ2v) is 10.6. The third-order valence-electron chi connectivity index (χ3n) is 5.04. The lowest BCUT2D eigenvalue weighted by Gasteiger charge is -2.12. The van der Waals surface area contributed by atoms with E-state index in [1.165, 1.54) is 4.90 Å². The van der Waals surface area contributed by atoms with E-state index in [2.05, 4.69) is 37.2 Å². The molecule has 1 aliphatic heterocycles. The van der Waals surface area contributed by atoms with Crippen molar-refractivity contribution < 1.29 is 19.1 Å². The van der Waals surface area contributed by atoms with Crippen LogP contribution in [0, 0.1) is 6.92 Å². The number of amides is 3. The number of rotatable bonds is 7. The van der Waals surface area contributed by atoms with Crippen molar-refractivity contribution in [3.05, 3.63) is 97.3 Å². The molecular weight excluding hydrogens is 596 g/mol. The largest absolute Gasteiger partial charge is 0.483 e. The van der Waals surface area contributed by atoms with Crippen molar-refractivity contribution in [2.75, 3.05) is 11.9 Å². The lowest BCUT2D eigenvalue weighted by molar-refractivity contribution is -0.123. The Morgan fingerprint density at radius 1 is 1.06 bits per heavy atom. The predicted octanol–water partition coefficient (Wildman–Crippen LogP) is 6.77. The number of aryl methyl sites for hydroxylation is 1.